The van der Waals surface area contributed by atoms with Crippen LogP contribution in [-0.4, -0.2) is 0 Å². The van der Waals surface area contributed by atoms with Crippen molar-refractivity contribution >= 4 is 71.7 Å². The summed E-state index contributed by atoms with van der Waals surface area (Å²) in [6.45, 7) is 0. The Morgan fingerprint density at radius 1 is 0.309 bits per heavy atom. The molecule has 2 heterocycles. The Morgan fingerprint density at radius 3 is 1.62 bits per heavy atom. The maximum absolute atomic E-state index is 6.59. The number of hydrogen-bond donors (Lipinski definition) is 0. The van der Waals surface area contributed by atoms with E-state index in [1.54, 1.807) is 0 Å². The lowest BCUT2D eigenvalue weighted by Gasteiger charge is -2.28. The van der Waals surface area contributed by atoms with E-state index in [0.717, 1.165) is 88.8 Å². The quantitative estimate of drug-likeness (QED) is 0.173. The van der Waals surface area contributed by atoms with Gasteiger partial charge in [-0.1, -0.05) is 152 Å². The molecule has 258 valence electrons. The second-order valence-electron chi connectivity index (χ2n) is 14.1. The molecule has 0 aliphatic rings. The first-order valence-corrected chi connectivity index (χ1v) is 18.7. The number of para-hydroxylation sites is 5. The predicted molar refractivity (Wildman–Crippen MR) is 229 cm³/mol. The van der Waals surface area contributed by atoms with Crippen molar-refractivity contribution in [1.29, 1.82) is 0 Å². The van der Waals surface area contributed by atoms with Crippen LogP contribution < -0.4 is 4.90 Å². The van der Waals surface area contributed by atoms with Crippen LogP contribution in [0, 0.1) is 0 Å². The zero-order chi connectivity index (χ0) is 36.3. The fraction of sp³-hybridized carbons (Fsp3) is 0. The summed E-state index contributed by atoms with van der Waals surface area (Å²) in [5.41, 5.74) is 13.4. The predicted octanol–water partition coefficient (Wildman–Crippen LogP) is 15.1. The lowest BCUT2D eigenvalue weighted by molar-refractivity contribution is 0.669. The molecule has 0 N–H and O–H groups in total. The Morgan fingerprint density at radius 2 is 0.855 bits per heavy atom. The van der Waals surface area contributed by atoms with E-state index < -0.39 is 0 Å². The lowest BCUT2D eigenvalue weighted by Crippen LogP contribution is -2.11. The van der Waals surface area contributed by atoms with Gasteiger partial charge in [0, 0.05) is 49.6 Å². The van der Waals surface area contributed by atoms with Crippen molar-refractivity contribution in [2.45, 2.75) is 0 Å². The molecule has 0 aliphatic carbocycles. The van der Waals surface area contributed by atoms with Crippen LogP contribution in [0.4, 0.5) is 17.1 Å². The molecule has 0 fully saturated rings. The molecule has 2 aromatic heterocycles. The highest BCUT2D eigenvalue weighted by atomic mass is 16.3. The first kappa shape index (κ1) is 31.2. The summed E-state index contributed by atoms with van der Waals surface area (Å²) in [5.74, 6) is 0. The molecule has 0 saturated heterocycles. The van der Waals surface area contributed by atoms with E-state index in [2.05, 4.69) is 181 Å². The van der Waals surface area contributed by atoms with Crippen LogP contribution >= 0.6 is 0 Å². The third kappa shape index (κ3) is 5.20. The number of nitrogens with zero attached hydrogens (tertiary/aromatic N) is 1. The summed E-state index contributed by atoms with van der Waals surface area (Å²) in [6.07, 6.45) is 0. The van der Waals surface area contributed by atoms with Crippen molar-refractivity contribution in [2.75, 3.05) is 4.90 Å². The molecule has 9 aromatic carbocycles. The highest BCUT2D eigenvalue weighted by Crippen LogP contribution is 2.45. The molecule has 3 heteroatoms. The summed E-state index contributed by atoms with van der Waals surface area (Å²) in [5, 5.41) is 6.93. The standard InChI is InChI=1S/C52H33NO2/c1-2-13-36-32-38(27-26-34(36)12-1)37-14-9-15-40(33-37)53(39-30-28-35(29-31-39)41-19-10-21-46-43-17-4-7-24-49(43)54-51(41)46)48-23-6-3-16-42(48)45-20-11-22-47-44-18-5-8-25-50(44)55-52(45)47/h1-33H. The SMILES string of the molecule is c1cc(-c2ccc3ccccc3c2)cc(N(c2ccc(-c3cccc4c3oc3ccccc34)cc2)c2ccccc2-c2cccc3c2oc2ccccc23)c1. The first-order chi connectivity index (χ1) is 27.3. The number of hydrogen-bond acceptors (Lipinski definition) is 3. The van der Waals surface area contributed by atoms with Gasteiger partial charge < -0.3 is 13.7 Å². The van der Waals surface area contributed by atoms with Gasteiger partial charge in [-0.3, -0.25) is 0 Å². The molecular weight excluding hydrogens is 671 g/mol. The largest absolute Gasteiger partial charge is 0.455 e. The fourth-order valence-electron chi connectivity index (χ4n) is 8.24. The molecule has 0 atom stereocenters. The van der Waals surface area contributed by atoms with Crippen molar-refractivity contribution in [2.24, 2.45) is 0 Å². The van der Waals surface area contributed by atoms with Gasteiger partial charge in [-0.25, -0.2) is 0 Å². The van der Waals surface area contributed by atoms with Gasteiger partial charge >= 0.3 is 0 Å². The van der Waals surface area contributed by atoms with Crippen molar-refractivity contribution in [1.82, 2.24) is 0 Å². The highest BCUT2D eigenvalue weighted by molar-refractivity contribution is 6.11. The molecule has 0 unspecified atom stereocenters. The molecule has 55 heavy (non-hydrogen) atoms. The maximum Gasteiger partial charge on any atom is 0.143 e. The van der Waals surface area contributed by atoms with Gasteiger partial charge in [-0.2, -0.15) is 0 Å². The van der Waals surface area contributed by atoms with Gasteiger partial charge in [0.2, 0.25) is 0 Å². The topological polar surface area (TPSA) is 29.5 Å². The van der Waals surface area contributed by atoms with Crippen molar-refractivity contribution < 1.29 is 8.83 Å². The fourth-order valence-corrected chi connectivity index (χ4v) is 8.24. The molecule has 0 aliphatic heterocycles. The number of furan rings is 2. The molecule has 0 spiro atoms. The molecule has 11 aromatic rings. The number of fused-ring (bicyclic) bond motifs is 7. The monoisotopic (exact) mass is 703 g/mol. The van der Waals surface area contributed by atoms with E-state index in [0.29, 0.717) is 0 Å². The Balaban J connectivity index is 1.09. The molecule has 3 nitrogen and oxygen atoms in total. The second kappa shape index (κ2) is 12.6. The molecule has 11 rings (SSSR count). The Hall–Kier alpha value is -7.36. The van der Waals surface area contributed by atoms with Crippen LogP contribution in [0.5, 0.6) is 0 Å². The second-order valence-corrected chi connectivity index (χ2v) is 14.1. The van der Waals surface area contributed by atoms with Crippen LogP contribution in [-0.2, 0) is 0 Å². The maximum atomic E-state index is 6.59. The van der Waals surface area contributed by atoms with Crippen LogP contribution in [0.15, 0.2) is 209 Å². The molecule has 0 saturated carbocycles. The van der Waals surface area contributed by atoms with Crippen LogP contribution in [0.3, 0.4) is 0 Å². The van der Waals surface area contributed by atoms with Gasteiger partial charge in [0.1, 0.15) is 22.3 Å². The van der Waals surface area contributed by atoms with Crippen molar-refractivity contribution in [3.8, 4) is 33.4 Å². The Bertz CT molecular complexity index is 3220. The van der Waals surface area contributed by atoms with Gasteiger partial charge in [0.25, 0.3) is 0 Å². The highest BCUT2D eigenvalue weighted by Gasteiger charge is 2.21. The number of rotatable bonds is 6. The van der Waals surface area contributed by atoms with Crippen molar-refractivity contribution in [3.63, 3.8) is 0 Å². The van der Waals surface area contributed by atoms with E-state index in [-0.39, 0.29) is 0 Å². The minimum Gasteiger partial charge on any atom is -0.455 e. The minimum atomic E-state index is 0.885. The average molecular weight is 704 g/mol. The van der Waals surface area contributed by atoms with Crippen LogP contribution in [0.2, 0.25) is 0 Å². The third-order valence-electron chi connectivity index (χ3n) is 10.9. The third-order valence-corrected chi connectivity index (χ3v) is 10.9. The van der Waals surface area contributed by atoms with E-state index >= 15 is 0 Å². The van der Waals surface area contributed by atoms with E-state index in [1.807, 2.05) is 24.3 Å². The Labute approximate surface area is 317 Å². The van der Waals surface area contributed by atoms with Crippen molar-refractivity contribution in [3.05, 3.63) is 200 Å². The first-order valence-electron chi connectivity index (χ1n) is 18.7. The van der Waals surface area contributed by atoms with Gasteiger partial charge in [0.05, 0.1) is 5.69 Å². The summed E-state index contributed by atoms with van der Waals surface area (Å²) in [4.78, 5) is 2.37. The average Bonchev–Trinajstić information content (AvgIpc) is 3.83. The summed E-state index contributed by atoms with van der Waals surface area (Å²) >= 11 is 0. The molecule has 0 amide bonds. The normalized spacial score (nSPS) is 11.6. The summed E-state index contributed by atoms with van der Waals surface area (Å²) in [7, 11) is 0. The lowest BCUT2D eigenvalue weighted by atomic mass is 9.97. The van der Waals surface area contributed by atoms with Crippen LogP contribution in [0.1, 0.15) is 0 Å². The van der Waals surface area contributed by atoms with Gasteiger partial charge in [0.15, 0.2) is 0 Å². The van der Waals surface area contributed by atoms with Gasteiger partial charge in [-0.05, 0) is 76.0 Å². The molecule has 0 bridgehead atoms. The summed E-state index contributed by atoms with van der Waals surface area (Å²) in [6, 6.07) is 71.0. The zero-order valence-electron chi connectivity index (χ0n) is 29.8. The van der Waals surface area contributed by atoms with E-state index in [1.165, 1.54) is 16.3 Å². The smallest absolute Gasteiger partial charge is 0.143 e. The Kier molecular flexibility index (Phi) is 7.17. The van der Waals surface area contributed by atoms with E-state index in [9.17, 15) is 0 Å². The van der Waals surface area contributed by atoms with Gasteiger partial charge in [-0.15, -0.1) is 0 Å². The summed E-state index contributed by atoms with van der Waals surface area (Å²) < 4.78 is 13.0. The zero-order valence-corrected chi connectivity index (χ0v) is 29.8. The van der Waals surface area contributed by atoms with Crippen LogP contribution in [0.25, 0.3) is 88.0 Å². The number of benzene rings is 9. The van der Waals surface area contributed by atoms with E-state index in [4.69, 9.17) is 8.83 Å². The minimum absolute atomic E-state index is 0.885. The molecule has 0 radical (unpaired) electrons. The molecular formula is C52H33NO2. The number of anilines is 3.